The molecule has 33 heavy (non-hydrogen) atoms. The van der Waals surface area contributed by atoms with E-state index in [4.69, 9.17) is 18.9 Å². The Hall–Kier alpha value is -2.92. The van der Waals surface area contributed by atoms with Crippen LogP contribution >= 0.6 is 0 Å². The molecule has 0 N–H and O–H groups in total. The highest BCUT2D eigenvalue weighted by atomic mass is 16.6. The maximum absolute atomic E-state index is 6.40. The maximum atomic E-state index is 6.40. The molecule has 0 unspecified atom stereocenters. The van der Waals surface area contributed by atoms with Gasteiger partial charge in [-0.15, -0.1) is 0 Å². The lowest BCUT2D eigenvalue weighted by Gasteiger charge is -2.37. The molecule has 3 atom stereocenters. The van der Waals surface area contributed by atoms with E-state index in [1.807, 2.05) is 54.6 Å². The first-order chi connectivity index (χ1) is 16.3. The summed E-state index contributed by atoms with van der Waals surface area (Å²) in [6, 6.07) is 30.6. The van der Waals surface area contributed by atoms with Crippen LogP contribution in [0.5, 0.6) is 0 Å². The second-order valence-corrected chi connectivity index (χ2v) is 8.17. The van der Waals surface area contributed by atoms with E-state index >= 15 is 0 Å². The Morgan fingerprint density at radius 1 is 0.667 bits per heavy atom. The number of benzene rings is 3. The van der Waals surface area contributed by atoms with E-state index in [-0.39, 0.29) is 18.3 Å². The molecule has 3 aromatic rings. The fourth-order valence-corrected chi connectivity index (χ4v) is 3.87. The SMILES string of the molecule is CCC1=C[C@@H](OCc2ccccc2)[C@H](OCc2ccccc2)[C@@H](COCc2ccccc2)O1. The molecule has 0 amide bonds. The zero-order chi connectivity index (χ0) is 22.7. The molecule has 0 saturated carbocycles. The van der Waals surface area contributed by atoms with Gasteiger partial charge in [0, 0.05) is 6.42 Å². The highest BCUT2D eigenvalue weighted by Crippen LogP contribution is 2.27. The molecule has 0 spiro atoms. The third-order valence-corrected chi connectivity index (χ3v) is 5.66. The fraction of sp³-hybridized carbons (Fsp3) is 0.310. The molecule has 0 radical (unpaired) electrons. The monoisotopic (exact) mass is 444 g/mol. The van der Waals surface area contributed by atoms with Gasteiger partial charge >= 0.3 is 0 Å². The maximum Gasteiger partial charge on any atom is 0.150 e. The van der Waals surface area contributed by atoms with Crippen LogP contribution in [-0.4, -0.2) is 24.9 Å². The van der Waals surface area contributed by atoms with Crippen molar-refractivity contribution < 1.29 is 18.9 Å². The molecule has 1 aliphatic heterocycles. The van der Waals surface area contributed by atoms with Crippen LogP contribution in [0.25, 0.3) is 0 Å². The zero-order valence-corrected chi connectivity index (χ0v) is 19.1. The molecule has 0 aliphatic carbocycles. The van der Waals surface area contributed by atoms with Crippen LogP contribution in [0.4, 0.5) is 0 Å². The molecular formula is C29H32O4. The smallest absolute Gasteiger partial charge is 0.150 e. The molecule has 0 fully saturated rings. The number of allylic oxidation sites excluding steroid dienone is 1. The van der Waals surface area contributed by atoms with Crippen molar-refractivity contribution >= 4 is 0 Å². The summed E-state index contributed by atoms with van der Waals surface area (Å²) in [4.78, 5) is 0. The summed E-state index contributed by atoms with van der Waals surface area (Å²) in [5.41, 5.74) is 3.39. The van der Waals surface area contributed by atoms with Crippen molar-refractivity contribution in [3.63, 3.8) is 0 Å². The minimum absolute atomic E-state index is 0.219. The summed E-state index contributed by atoms with van der Waals surface area (Å²) in [7, 11) is 0. The summed E-state index contributed by atoms with van der Waals surface area (Å²) in [6.45, 7) is 4.06. The lowest BCUT2D eigenvalue weighted by atomic mass is 10.0. The quantitative estimate of drug-likeness (QED) is 0.360. The van der Waals surface area contributed by atoms with E-state index in [9.17, 15) is 0 Å². The highest BCUT2D eigenvalue weighted by molar-refractivity contribution is 5.16. The number of rotatable bonds is 11. The van der Waals surface area contributed by atoms with E-state index in [2.05, 4.69) is 49.4 Å². The van der Waals surface area contributed by atoms with Crippen LogP contribution < -0.4 is 0 Å². The minimum atomic E-state index is -0.278. The summed E-state index contributed by atoms with van der Waals surface area (Å²) >= 11 is 0. The van der Waals surface area contributed by atoms with Crippen molar-refractivity contribution in [1.82, 2.24) is 0 Å². The Labute approximate surface area is 196 Å². The summed E-state index contributed by atoms with van der Waals surface area (Å²) in [6.07, 6.45) is 2.11. The van der Waals surface area contributed by atoms with Crippen molar-refractivity contribution in [3.05, 3.63) is 120 Å². The third kappa shape index (κ3) is 7.03. The van der Waals surface area contributed by atoms with Gasteiger partial charge in [0.05, 0.1) is 32.2 Å². The van der Waals surface area contributed by atoms with Gasteiger partial charge in [-0.3, -0.25) is 0 Å². The molecule has 4 rings (SSSR count). The molecule has 0 aromatic heterocycles. The van der Waals surface area contributed by atoms with Gasteiger partial charge in [0.1, 0.15) is 12.2 Å². The van der Waals surface area contributed by atoms with Crippen molar-refractivity contribution in [2.24, 2.45) is 0 Å². The van der Waals surface area contributed by atoms with Gasteiger partial charge in [0.25, 0.3) is 0 Å². The van der Waals surface area contributed by atoms with Crippen molar-refractivity contribution in [1.29, 1.82) is 0 Å². The lowest BCUT2D eigenvalue weighted by Crippen LogP contribution is -2.47. The normalized spacial score (nSPS) is 20.2. The van der Waals surface area contributed by atoms with Gasteiger partial charge < -0.3 is 18.9 Å². The van der Waals surface area contributed by atoms with Crippen LogP contribution in [0.15, 0.2) is 103 Å². The predicted molar refractivity (Wildman–Crippen MR) is 129 cm³/mol. The first kappa shape index (κ1) is 23.2. The topological polar surface area (TPSA) is 36.9 Å². The Morgan fingerprint density at radius 3 is 1.73 bits per heavy atom. The molecule has 1 aliphatic rings. The molecular weight excluding hydrogens is 412 g/mol. The van der Waals surface area contributed by atoms with Gasteiger partial charge in [-0.05, 0) is 22.8 Å². The zero-order valence-electron chi connectivity index (χ0n) is 19.1. The first-order valence-electron chi connectivity index (χ1n) is 11.6. The van der Waals surface area contributed by atoms with E-state index in [1.54, 1.807) is 0 Å². The van der Waals surface area contributed by atoms with Gasteiger partial charge in [-0.1, -0.05) is 97.9 Å². The van der Waals surface area contributed by atoms with Crippen LogP contribution in [0.2, 0.25) is 0 Å². The standard InChI is InChI=1S/C29H32O4/c1-2-26-18-27(31-20-24-14-8-4-9-15-24)29(32-21-25-16-10-5-11-17-25)28(33-26)22-30-19-23-12-6-3-7-13-23/h3-18,27-29H,2,19-22H2,1H3/t27-,28-,29+/m1/s1. The second kappa shape index (κ2) is 12.4. The average molecular weight is 445 g/mol. The number of hydrogen-bond acceptors (Lipinski definition) is 4. The molecule has 4 heteroatoms. The predicted octanol–water partition coefficient (Wildman–Crippen LogP) is 6.07. The summed E-state index contributed by atoms with van der Waals surface area (Å²) in [5.74, 6) is 0.918. The lowest BCUT2D eigenvalue weighted by molar-refractivity contribution is -0.154. The number of ether oxygens (including phenoxy) is 4. The van der Waals surface area contributed by atoms with E-state index < -0.39 is 0 Å². The van der Waals surface area contributed by atoms with Crippen molar-refractivity contribution in [2.45, 2.75) is 51.5 Å². The van der Waals surface area contributed by atoms with Gasteiger partial charge in [-0.25, -0.2) is 0 Å². The van der Waals surface area contributed by atoms with Crippen molar-refractivity contribution in [3.8, 4) is 0 Å². The molecule has 3 aromatic carbocycles. The van der Waals surface area contributed by atoms with Gasteiger partial charge in [-0.2, -0.15) is 0 Å². The Balaban J connectivity index is 1.46. The van der Waals surface area contributed by atoms with E-state index in [1.165, 1.54) is 0 Å². The molecule has 4 nitrogen and oxygen atoms in total. The Bertz CT molecular complexity index is 972. The van der Waals surface area contributed by atoms with Crippen LogP contribution in [0.1, 0.15) is 30.0 Å². The molecule has 1 heterocycles. The van der Waals surface area contributed by atoms with Gasteiger partial charge in [0.2, 0.25) is 0 Å². The Morgan fingerprint density at radius 2 is 1.18 bits per heavy atom. The molecule has 0 saturated heterocycles. The average Bonchev–Trinajstić information content (AvgIpc) is 2.88. The highest BCUT2D eigenvalue weighted by Gasteiger charge is 2.36. The molecule has 0 bridgehead atoms. The second-order valence-electron chi connectivity index (χ2n) is 8.17. The van der Waals surface area contributed by atoms with Crippen LogP contribution in [0, 0.1) is 0 Å². The van der Waals surface area contributed by atoms with Gasteiger partial charge in [0.15, 0.2) is 6.10 Å². The molecule has 172 valence electrons. The van der Waals surface area contributed by atoms with Crippen LogP contribution in [0.3, 0.4) is 0 Å². The van der Waals surface area contributed by atoms with E-state index in [0.717, 1.165) is 28.9 Å². The first-order valence-corrected chi connectivity index (χ1v) is 11.6. The summed E-state index contributed by atoms with van der Waals surface area (Å²) in [5, 5.41) is 0. The third-order valence-electron chi connectivity index (χ3n) is 5.66. The minimum Gasteiger partial charge on any atom is -0.490 e. The summed E-state index contributed by atoms with van der Waals surface area (Å²) < 4.78 is 25.1. The van der Waals surface area contributed by atoms with Crippen LogP contribution in [-0.2, 0) is 38.8 Å². The fourth-order valence-electron chi connectivity index (χ4n) is 3.87. The number of hydrogen-bond donors (Lipinski definition) is 0. The van der Waals surface area contributed by atoms with E-state index in [0.29, 0.717) is 26.4 Å². The van der Waals surface area contributed by atoms with Crippen molar-refractivity contribution in [2.75, 3.05) is 6.61 Å². The largest absolute Gasteiger partial charge is 0.490 e. The Kier molecular flexibility index (Phi) is 8.70.